The van der Waals surface area contributed by atoms with E-state index in [4.69, 9.17) is 9.84 Å². The summed E-state index contributed by atoms with van der Waals surface area (Å²) in [6.45, 7) is 1.03. The average molecular weight is 241 g/mol. The quantitative estimate of drug-likeness (QED) is 0.760. The molecule has 1 aromatic carbocycles. The molecule has 0 saturated heterocycles. The third-order valence-electron chi connectivity index (χ3n) is 1.48. The summed E-state index contributed by atoms with van der Waals surface area (Å²) in [5, 5.41) is 8.43. The van der Waals surface area contributed by atoms with E-state index < -0.39 is 5.97 Å². The van der Waals surface area contributed by atoms with E-state index in [-0.39, 0.29) is 12.5 Å². The van der Waals surface area contributed by atoms with Crippen LogP contribution in [-0.4, -0.2) is 23.6 Å². The maximum Gasteiger partial charge on any atom is 0.341 e. The SMILES string of the molecule is CC(=O)NSc1cccc(OCC(=O)O)c1. The minimum Gasteiger partial charge on any atom is -0.482 e. The lowest BCUT2D eigenvalue weighted by atomic mass is 10.3. The molecule has 86 valence electrons. The molecule has 0 atom stereocenters. The fourth-order valence-electron chi connectivity index (χ4n) is 0.903. The average Bonchev–Trinajstić information content (AvgIpc) is 2.24. The molecule has 0 heterocycles. The highest BCUT2D eigenvalue weighted by atomic mass is 32.2. The van der Waals surface area contributed by atoms with Crippen LogP contribution in [0.25, 0.3) is 0 Å². The molecule has 0 unspecified atom stereocenters. The van der Waals surface area contributed by atoms with Gasteiger partial charge >= 0.3 is 5.97 Å². The van der Waals surface area contributed by atoms with Crippen LogP contribution in [0.4, 0.5) is 0 Å². The lowest BCUT2D eigenvalue weighted by Gasteiger charge is -2.05. The van der Waals surface area contributed by atoms with Crippen LogP contribution in [0, 0.1) is 0 Å². The molecule has 0 fully saturated rings. The van der Waals surface area contributed by atoms with Crippen LogP contribution in [-0.2, 0) is 9.59 Å². The van der Waals surface area contributed by atoms with Crippen molar-refractivity contribution in [3.8, 4) is 5.75 Å². The second-order valence-corrected chi connectivity index (χ2v) is 3.80. The number of carbonyl (C=O) groups excluding carboxylic acids is 1. The van der Waals surface area contributed by atoms with Crippen LogP contribution in [0.2, 0.25) is 0 Å². The lowest BCUT2D eigenvalue weighted by Crippen LogP contribution is -2.10. The van der Waals surface area contributed by atoms with E-state index in [2.05, 4.69) is 4.72 Å². The summed E-state index contributed by atoms with van der Waals surface area (Å²) in [5.41, 5.74) is 0. The fraction of sp³-hybridized carbons (Fsp3) is 0.200. The van der Waals surface area contributed by atoms with Gasteiger partial charge in [0, 0.05) is 11.8 Å². The van der Waals surface area contributed by atoms with E-state index in [1.807, 2.05) is 0 Å². The monoisotopic (exact) mass is 241 g/mol. The Balaban J connectivity index is 2.56. The summed E-state index contributed by atoms with van der Waals surface area (Å²) < 4.78 is 7.55. The van der Waals surface area contributed by atoms with Gasteiger partial charge in [0.05, 0.1) is 0 Å². The van der Waals surface area contributed by atoms with Crippen LogP contribution < -0.4 is 9.46 Å². The summed E-state index contributed by atoms with van der Waals surface area (Å²) in [4.78, 5) is 21.7. The van der Waals surface area contributed by atoms with Gasteiger partial charge in [-0.05, 0) is 30.1 Å². The van der Waals surface area contributed by atoms with Gasteiger partial charge in [0.15, 0.2) is 6.61 Å². The van der Waals surface area contributed by atoms with Gasteiger partial charge in [-0.25, -0.2) is 4.79 Å². The van der Waals surface area contributed by atoms with Crippen LogP contribution >= 0.6 is 11.9 Å². The summed E-state index contributed by atoms with van der Waals surface area (Å²) in [6.07, 6.45) is 0. The van der Waals surface area contributed by atoms with Gasteiger partial charge in [0.25, 0.3) is 0 Å². The van der Waals surface area contributed by atoms with Crippen molar-refractivity contribution < 1.29 is 19.4 Å². The Bertz CT molecular complexity index is 361. The first-order valence-corrected chi connectivity index (χ1v) is 5.27. The molecule has 1 amide bonds. The minimum atomic E-state index is -1.03. The van der Waals surface area contributed by atoms with E-state index in [1.54, 1.807) is 24.3 Å². The largest absolute Gasteiger partial charge is 0.482 e. The van der Waals surface area contributed by atoms with Crippen molar-refractivity contribution in [3.63, 3.8) is 0 Å². The summed E-state index contributed by atoms with van der Waals surface area (Å²) in [6, 6.07) is 6.82. The first-order chi connectivity index (χ1) is 7.58. The van der Waals surface area contributed by atoms with E-state index in [0.29, 0.717) is 5.75 Å². The number of hydrogen-bond acceptors (Lipinski definition) is 4. The number of ether oxygens (including phenoxy) is 1. The molecule has 1 aromatic rings. The third-order valence-corrected chi connectivity index (χ3v) is 2.36. The highest BCUT2D eigenvalue weighted by Crippen LogP contribution is 2.20. The number of carbonyl (C=O) groups is 2. The van der Waals surface area contributed by atoms with Crippen LogP contribution in [0.3, 0.4) is 0 Å². The highest BCUT2D eigenvalue weighted by molar-refractivity contribution is 7.98. The standard InChI is InChI=1S/C10H11NO4S/c1-7(12)11-16-9-4-2-3-8(5-9)15-6-10(13)14/h2-5H,6H2,1H3,(H,11,12)(H,13,14). The number of amides is 1. The zero-order valence-electron chi connectivity index (χ0n) is 8.60. The van der Waals surface area contributed by atoms with Crippen LogP contribution in [0.15, 0.2) is 29.2 Å². The van der Waals surface area contributed by atoms with Gasteiger partial charge in [0.2, 0.25) is 5.91 Å². The van der Waals surface area contributed by atoms with Crippen molar-refractivity contribution in [1.82, 2.24) is 4.72 Å². The van der Waals surface area contributed by atoms with E-state index >= 15 is 0 Å². The van der Waals surface area contributed by atoms with Crippen molar-refractivity contribution in [2.75, 3.05) is 6.61 Å². The van der Waals surface area contributed by atoms with Gasteiger partial charge in [-0.15, -0.1) is 0 Å². The van der Waals surface area contributed by atoms with Crippen molar-refractivity contribution in [1.29, 1.82) is 0 Å². The molecule has 0 spiro atoms. The predicted molar refractivity (Wildman–Crippen MR) is 59.2 cm³/mol. The Morgan fingerprint density at radius 2 is 2.25 bits per heavy atom. The molecule has 0 aliphatic carbocycles. The zero-order valence-corrected chi connectivity index (χ0v) is 9.41. The number of nitrogens with one attached hydrogen (secondary N) is 1. The molecule has 6 heteroatoms. The van der Waals surface area contributed by atoms with Crippen molar-refractivity contribution >= 4 is 23.8 Å². The number of benzene rings is 1. The number of carboxylic acids is 1. The number of carboxylic acid groups (broad SMARTS) is 1. The molecular weight excluding hydrogens is 230 g/mol. The third kappa shape index (κ3) is 4.70. The van der Waals surface area contributed by atoms with Crippen molar-refractivity contribution in [3.05, 3.63) is 24.3 Å². The van der Waals surface area contributed by atoms with Gasteiger partial charge in [0.1, 0.15) is 5.75 Å². The molecule has 1 rings (SSSR count). The van der Waals surface area contributed by atoms with Crippen LogP contribution in [0.5, 0.6) is 5.75 Å². The molecule has 0 saturated carbocycles. The fourth-order valence-corrected chi connectivity index (χ4v) is 1.49. The van der Waals surface area contributed by atoms with E-state index in [0.717, 1.165) is 16.8 Å². The Morgan fingerprint density at radius 1 is 1.50 bits per heavy atom. The summed E-state index contributed by atoms with van der Waals surface area (Å²) >= 11 is 1.15. The number of aliphatic carboxylic acids is 1. The van der Waals surface area contributed by atoms with Crippen molar-refractivity contribution in [2.24, 2.45) is 0 Å². The van der Waals surface area contributed by atoms with Gasteiger partial charge in [-0.1, -0.05) is 6.07 Å². The molecule has 0 aliphatic rings. The Labute approximate surface area is 96.9 Å². The van der Waals surface area contributed by atoms with E-state index in [1.165, 1.54) is 6.92 Å². The molecule has 0 aliphatic heterocycles. The molecule has 16 heavy (non-hydrogen) atoms. The lowest BCUT2D eigenvalue weighted by molar-refractivity contribution is -0.139. The predicted octanol–water partition coefficient (Wildman–Crippen LogP) is 1.29. The molecule has 0 bridgehead atoms. The molecule has 5 nitrogen and oxygen atoms in total. The Hall–Kier alpha value is -1.69. The van der Waals surface area contributed by atoms with Crippen LogP contribution in [0.1, 0.15) is 6.92 Å². The topological polar surface area (TPSA) is 75.6 Å². The maximum atomic E-state index is 10.7. The van der Waals surface area contributed by atoms with E-state index in [9.17, 15) is 9.59 Å². The second-order valence-electron chi connectivity index (χ2n) is 2.92. The smallest absolute Gasteiger partial charge is 0.341 e. The minimum absolute atomic E-state index is 0.151. The van der Waals surface area contributed by atoms with Gasteiger partial charge in [-0.3, -0.25) is 9.52 Å². The zero-order chi connectivity index (χ0) is 12.0. The summed E-state index contributed by atoms with van der Waals surface area (Å²) in [5.74, 6) is -0.723. The van der Waals surface area contributed by atoms with Gasteiger partial charge < -0.3 is 9.84 Å². The first kappa shape index (κ1) is 12.4. The molecule has 2 N–H and O–H groups in total. The summed E-state index contributed by atoms with van der Waals surface area (Å²) in [7, 11) is 0. The first-order valence-electron chi connectivity index (χ1n) is 4.46. The molecular formula is C10H11NO4S. The number of hydrogen-bond donors (Lipinski definition) is 2. The number of rotatable bonds is 5. The maximum absolute atomic E-state index is 10.7. The second kappa shape index (κ2) is 6.02. The molecule has 0 radical (unpaired) electrons. The van der Waals surface area contributed by atoms with Crippen molar-refractivity contribution in [2.45, 2.75) is 11.8 Å². The Kier molecular flexibility index (Phi) is 4.65. The highest BCUT2D eigenvalue weighted by Gasteiger charge is 2.01. The Morgan fingerprint density at radius 3 is 2.88 bits per heavy atom. The van der Waals surface area contributed by atoms with Gasteiger partial charge in [-0.2, -0.15) is 0 Å². The normalized spacial score (nSPS) is 9.56. The molecule has 0 aromatic heterocycles.